The van der Waals surface area contributed by atoms with E-state index in [-0.39, 0.29) is 11.7 Å². The molecule has 0 atom stereocenters. The van der Waals surface area contributed by atoms with E-state index in [1.807, 2.05) is 31.2 Å². The van der Waals surface area contributed by atoms with Crippen LogP contribution in [-0.4, -0.2) is 45.7 Å². The van der Waals surface area contributed by atoms with E-state index in [0.717, 1.165) is 11.3 Å². The molecular weight excluding hydrogens is 338 g/mol. The number of hydrogen-bond acceptors (Lipinski definition) is 4. The van der Waals surface area contributed by atoms with Crippen molar-refractivity contribution in [2.45, 2.75) is 12.7 Å². The van der Waals surface area contributed by atoms with Crippen LogP contribution in [0.15, 0.2) is 48.5 Å². The van der Waals surface area contributed by atoms with Crippen LogP contribution in [0.4, 0.5) is 0 Å². The highest BCUT2D eigenvalue weighted by Crippen LogP contribution is 2.13. The van der Waals surface area contributed by atoms with Gasteiger partial charge >= 0.3 is 0 Å². The molecule has 0 N–H and O–H groups in total. The Labute approximate surface area is 149 Å². The molecule has 0 aromatic heterocycles. The third-order valence-electron chi connectivity index (χ3n) is 3.63. The maximum Gasteiger partial charge on any atom is 0.253 e. The summed E-state index contributed by atoms with van der Waals surface area (Å²) in [5.74, 6) is 0.535. The number of nitrogens with zero attached hydrogens (tertiary/aromatic N) is 1. The summed E-state index contributed by atoms with van der Waals surface area (Å²) in [7, 11) is -1.43. The smallest absolute Gasteiger partial charge is 0.253 e. The summed E-state index contributed by atoms with van der Waals surface area (Å²) in [5.41, 5.74) is 2.20. The van der Waals surface area contributed by atoms with Crippen molar-refractivity contribution >= 4 is 15.7 Å². The van der Waals surface area contributed by atoms with Gasteiger partial charge in [0.2, 0.25) is 0 Å². The lowest BCUT2D eigenvalue weighted by atomic mass is 10.1. The third kappa shape index (κ3) is 6.23. The van der Waals surface area contributed by atoms with Gasteiger partial charge in [0.15, 0.2) is 9.84 Å². The van der Waals surface area contributed by atoms with Gasteiger partial charge in [0.1, 0.15) is 12.4 Å². The van der Waals surface area contributed by atoms with Crippen LogP contribution < -0.4 is 4.74 Å². The number of rotatable bonds is 7. The first-order valence-corrected chi connectivity index (χ1v) is 10.0. The molecule has 2 aromatic rings. The van der Waals surface area contributed by atoms with Gasteiger partial charge in [0.25, 0.3) is 5.91 Å². The normalized spacial score (nSPS) is 11.2. The largest absolute Gasteiger partial charge is 0.492 e. The lowest BCUT2D eigenvalue weighted by Gasteiger charge is -2.18. The number of likely N-dealkylation sites (N-methyl/N-ethyl adjacent to an activating group) is 1. The standard InChI is InChI=1S/C19H23NO4S/c1-15-6-4-9-18(12-15)24-11-10-20(2)19(21)17-8-5-7-16(13-17)14-25(3,22)23/h4-9,12-13H,10-11,14H2,1-3H3. The first-order chi connectivity index (χ1) is 11.7. The molecule has 0 unspecified atom stereocenters. The van der Waals surface area contributed by atoms with Crippen LogP contribution in [0.5, 0.6) is 5.75 Å². The van der Waals surface area contributed by atoms with Crippen LogP contribution in [-0.2, 0) is 15.6 Å². The predicted octanol–water partition coefficient (Wildman–Crippen LogP) is 2.69. The molecule has 2 aromatic carbocycles. The molecule has 0 aliphatic heterocycles. The van der Waals surface area contributed by atoms with E-state index in [1.54, 1.807) is 36.2 Å². The Kier molecular flexibility index (Phi) is 6.20. The monoisotopic (exact) mass is 361 g/mol. The molecule has 5 nitrogen and oxygen atoms in total. The number of benzene rings is 2. The molecule has 0 radical (unpaired) electrons. The number of sulfone groups is 1. The molecule has 0 bridgehead atoms. The number of carbonyl (C=O) groups excluding carboxylic acids is 1. The quantitative estimate of drug-likeness (QED) is 0.761. The Balaban J connectivity index is 1.94. The Bertz CT molecular complexity index is 846. The summed E-state index contributed by atoms with van der Waals surface area (Å²) >= 11 is 0. The van der Waals surface area contributed by atoms with Crippen molar-refractivity contribution in [3.05, 3.63) is 65.2 Å². The number of aryl methyl sites for hydroxylation is 1. The van der Waals surface area contributed by atoms with Gasteiger partial charge < -0.3 is 9.64 Å². The summed E-state index contributed by atoms with van der Waals surface area (Å²) < 4.78 is 28.5. The molecule has 134 valence electrons. The zero-order chi connectivity index (χ0) is 18.4. The van der Waals surface area contributed by atoms with Gasteiger partial charge in [-0.3, -0.25) is 4.79 Å². The van der Waals surface area contributed by atoms with Gasteiger partial charge in [0.05, 0.1) is 12.3 Å². The van der Waals surface area contributed by atoms with Gasteiger partial charge in [-0.05, 0) is 42.3 Å². The van der Waals surface area contributed by atoms with Crippen molar-refractivity contribution in [3.63, 3.8) is 0 Å². The first kappa shape index (κ1) is 19.0. The van der Waals surface area contributed by atoms with Crippen LogP contribution in [0, 0.1) is 6.92 Å². The molecule has 0 saturated carbocycles. The van der Waals surface area contributed by atoms with E-state index in [9.17, 15) is 13.2 Å². The van der Waals surface area contributed by atoms with E-state index in [1.165, 1.54) is 6.26 Å². The molecule has 25 heavy (non-hydrogen) atoms. The number of hydrogen-bond donors (Lipinski definition) is 0. The number of ether oxygens (including phenoxy) is 1. The molecule has 0 spiro atoms. The van der Waals surface area contributed by atoms with Gasteiger partial charge in [-0.25, -0.2) is 8.42 Å². The fourth-order valence-electron chi connectivity index (χ4n) is 2.42. The Hall–Kier alpha value is -2.34. The SMILES string of the molecule is Cc1cccc(OCCN(C)C(=O)c2cccc(CS(C)(=O)=O)c2)c1. The number of carbonyl (C=O) groups is 1. The molecule has 0 heterocycles. The van der Waals surface area contributed by atoms with Crippen LogP contribution >= 0.6 is 0 Å². The van der Waals surface area contributed by atoms with Gasteiger partial charge in [-0.1, -0.05) is 24.3 Å². The maximum absolute atomic E-state index is 12.5. The highest BCUT2D eigenvalue weighted by atomic mass is 32.2. The molecule has 0 fully saturated rings. The van der Waals surface area contributed by atoms with Crippen molar-refractivity contribution in [1.29, 1.82) is 0 Å². The second kappa shape index (κ2) is 8.16. The zero-order valence-corrected chi connectivity index (χ0v) is 15.5. The molecule has 2 rings (SSSR count). The van der Waals surface area contributed by atoms with Crippen molar-refractivity contribution in [1.82, 2.24) is 4.90 Å². The van der Waals surface area contributed by atoms with E-state index in [0.29, 0.717) is 24.3 Å². The molecule has 6 heteroatoms. The maximum atomic E-state index is 12.5. The summed E-state index contributed by atoms with van der Waals surface area (Å²) in [4.78, 5) is 14.0. The second-order valence-corrected chi connectivity index (χ2v) is 8.30. The Morgan fingerprint density at radius 2 is 1.84 bits per heavy atom. The van der Waals surface area contributed by atoms with Crippen molar-refractivity contribution in [2.75, 3.05) is 26.5 Å². The molecule has 0 aliphatic carbocycles. The fourth-order valence-corrected chi connectivity index (χ4v) is 3.21. The summed E-state index contributed by atoms with van der Waals surface area (Å²) in [6.45, 7) is 2.81. The molecular formula is C19H23NO4S. The Morgan fingerprint density at radius 3 is 2.52 bits per heavy atom. The van der Waals surface area contributed by atoms with Crippen LogP contribution in [0.2, 0.25) is 0 Å². The van der Waals surface area contributed by atoms with Gasteiger partial charge in [0, 0.05) is 18.9 Å². The van der Waals surface area contributed by atoms with E-state index >= 15 is 0 Å². The van der Waals surface area contributed by atoms with Crippen LogP contribution in [0.25, 0.3) is 0 Å². The van der Waals surface area contributed by atoms with Crippen LogP contribution in [0.3, 0.4) is 0 Å². The van der Waals surface area contributed by atoms with Gasteiger partial charge in [-0.15, -0.1) is 0 Å². The lowest BCUT2D eigenvalue weighted by molar-refractivity contribution is 0.0773. The highest BCUT2D eigenvalue weighted by molar-refractivity contribution is 7.89. The molecule has 0 saturated heterocycles. The third-order valence-corrected chi connectivity index (χ3v) is 4.49. The topological polar surface area (TPSA) is 63.7 Å². The minimum absolute atomic E-state index is 0.0751. The Morgan fingerprint density at radius 1 is 1.12 bits per heavy atom. The summed E-state index contributed by atoms with van der Waals surface area (Å²) in [6.07, 6.45) is 1.18. The van der Waals surface area contributed by atoms with E-state index in [2.05, 4.69) is 0 Å². The first-order valence-electron chi connectivity index (χ1n) is 7.96. The average molecular weight is 361 g/mol. The summed E-state index contributed by atoms with van der Waals surface area (Å²) in [5, 5.41) is 0. The molecule has 1 amide bonds. The number of amides is 1. The minimum atomic E-state index is -3.13. The highest BCUT2D eigenvalue weighted by Gasteiger charge is 2.13. The zero-order valence-electron chi connectivity index (χ0n) is 14.7. The van der Waals surface area contributed by atoms with E-state index < -0.39 is 9.84 Å². The van der Waals surface area contributed by atoms with Gasteiger partial charge in [-0.2, -0.15) is 0 Å². The lowest BCUT2D eigenvalue weighted by Crippen LogP contribution is -2.31. The van der Waals surface area contributed by atoms with Crippen molar-refractivity contribution < 1.29 is 17.9 Å². The van der Waals surface area contributed by atoms with Crippen LogP contribution in [0.1, 0.15) is 21.5 Å². The van der Waals surface area contributed by atoms with Crippen molar-refractivity contribution in [2.24, 2.45) is 0 Å². The van der Waals surface area contributed by atoms with Crippen molar-refractivity contribution in [3.8, 4) is 5.75 Å². The minimum Gasteiger partial charge on any atom is -0.492 e. The van der Waals surface area contributed by atoms with E-state index in [4.69, 9.17) is 4.74 Å². The predicted molar refractivity (Wildman–Crippen MR) is 98.6 cm³/mol. The summed E-state index contributed by atoms with van der Waals surface area (Å²) in [6, 6.07) is 14.5. The average Bonchev–Trinajstić information content (AvgIpc) is 2.53. The molecule has 0 aliphatic rings. The fraction of sp³-hybridized carbons (Fsp3) is 0.316. The second-order valence-electron chi connectivity index (χ2n) is 6.16.